The third-order valence-corrected chi connectivity index (χ3v) is 6.17. The largest absolute Gasteiger partial charge is 0.422 e. The fourth-order valence-corrected chi connectivity index (χ4v) is 4.53. The van der Waals surface area contributed by atoms with Crippen molar-refractivity contribution in [3.63, 3.8) is 0 Å². The van der Waals surface area contributed by atoms with Crippen LogP contribution in [0.2, 0.25) is 0 Å². The van der Waals surface area contributed by atoms with Crippen molar-refractivity contribution < 1.29 is 9.52 Å². The smallest absolute Gasteiger partial charge is 0.344 e. The molecule has 1 saturated heterocycles. The number of piperidine rings is 1. The first-order valence-electron chi connectivity index (χ1n) is 10.5. The number of nitrogens with zero attached hydrogens (tertiary/aromatic N) is 3. The molecule has 1 fully saturated rings. The zero-order valence-corrected chi connectivity index (χ0v) is 17.0. The van der Waals surface area contributed by atoms with Gasteiger partial charge in [-0.1, -0.05) is 18.2 Å². The molecule has 1 aliphatic heterocycles. The Hall–Kier alpha value is -2.96. The number of fused-ring (bicyclic) bond motifs is 2. The van der Waals surface area contributed by atoms with Gasteiger partial charge in [0, 0.05) is 30.6 Å². The summed E-state index contributed by atoms with van der Waals surface area (Å²) in [6, 6.07) is 14.0. The summed E-state index contributed by atoms with van der Waals surface area (Å²) in [7, 11) is 1.89. The number of aryl methyl sites for hydroxylation is 1. The molecule has 3 heterocycles. The van der Waals surface area contributed by atoms with Gasteiger partial charge in [-0.3, -0.25) is 4.68 Å². The molecule has 4 aromatic rings. The molecule has 2 aromatic carbocycles. The van der Waals surface area contributed by atoms with Gasteiger partial charge in [-0.05, 0) is 67.2 Å². The molecule has 5 rings (SSSR count). The zero-order valence-electron chi connectivity index (χ0n) is 17.0. The van der Waals surface area contributed by atoms with E-state index in [4.69, 9.17) is 9.52 Å². The number of aliphatic hydroxyl groups is 1. The average molecular weight is 403 g/mol. The van der Waals surface area contributed by atoms with Gasteiger partial charge in [0.1, 0.15) is 5.58 Å². The van der Waals surface area contributed by atoms with Crippen molar-refractivity contribution in [1.82, 2.24) is 14.7 Å². The van der Waals surface area contributed by atoms with Crippen molar-refractivity contribution in [2.75, 3.05) is 26.2 Å². The van der Waals surface area contributed by atoms with Crippen LogP contribution >= 0.6 is 0 Å². The first kappa shape index (κ1) is 19.0. The number of hydrogen-bond donors (Lipinski definition) is 1. The van der Waals surface area contributed by atoms with E-state index in [1.165, 1.54) is 5.56 Å². The number of likely N-dealkylation sites (tertiary alicyclic amines) is 1. The molecule has 6 nitrogen and oxygen atoms in total. The maximum Gasteiger partial charge on any atom is 0.344 e. The topological polar surface area (TPSA) is 71.5 Å². The minimum absolute atomic E-state index is 0.210. The number of β-amino-alcohol motifs (C(OH)–C–C–N with tert-alkyl or cyclic N) is 1. The van der Waals surface area contributed by atoms with E-state index in [-0.39, 0.29) is 12.2 Å². The van der Waals surface area contributed by atoms with E-state index >= 15 is 0 Å². The van der Waals surface area contributed by atoms with E-state index in [1.807, 2.05) is 43.6 Å². The van der Waals surface area contributed by atoms with Crippen molar-refractivity contribution in [3.8, 4) is 11.1 Å². The molecule has 0 aliphatic carbocycles. The summed E-state index contributed by atoms with van der Waals surface area (Å²) in [6.45, 7) is 2.93. The van der Waals surface area contributed by atoms with Crippen LogP contribution in [0.1, 0.15) is 24.3 Å². The highest BCUT2D eigenvalue weighted by atomic mass is 16.4. The van der Waals surface area contributed by atoms with Crippen LogP contribution in [0, 0.1) is 0 Å². The van der Waals surface area contributed by atoms with Gasteiger partial charge in [-0.2, -0.15) is 5.10 Å². The lowest BCUT2D eigenvalue weighted by Gasteiger charge is -2.31. The van der Waals surface area contributed by atoms with Crippen molar-refractivity contribution in [3.05, 3.63) is 64.6 Å². The van der Waals surface area contributed by atoms with Gasteiger partial charge in [0.25, 0.3) is 0 Å². The second kappa shape index (κ2) is 7.70. The molecule has 1 N–H and O–H groups in total. The van der Waals surface area contributed by atoms with Gasteiger partial charge in [-0.15, -0.1) is 0 Å². The molecular weight excluding hydrogens is 378 g/mol. The Kier molecular flexibility index (Phi) is 4.89. The minimum Gasteiger partial charge on any atom is -0.422 e. The number of benzene rings is 2. The third-order valence-electron chi connectivity index (χ3n) is 6.17. The normalized spacial score (nSPS) is 15.9. The second-order valence-corrected chi connectivity index (χ2v) is 8.16. The molecule has 2 aromatic heterocycles. The maximum atomic E-state index is 12.8. The van der Waals surface area contributed by atoms with Gasteiger partial charge < -0.3 is 14.4 Å². The van der Waals surface area contributed by atoms with Crippen LogP contribution in [0.5, 0.6) is 0 Å². The van der Waals surface area contributed by atoms with Crippen LogP contribution in [0.3, 0.4) is 0 Å². The van der Waals surface area contributed by atoms with Crippen molar-refractivity contribution >= 4 is 21.9 Å². The van der Waals surface area contributed by atoms with Crippen molar-refractivity contribution in [1.29, 1.82) is 0 Å². The SMILES string of the molecule is Cn1cc2cc(-c3cc4ccc(C5CCN(CCO)CC5)cc4oc3=O)ccc2n1. The van der Waals surface area contributed by atoms with Crippen LogP contribution < -0.4 is 5.63 Å². The Labute approximate surface area is 174 Å². The predicted molar refractivity (Wildman–Crippen MR) is 118 cm³/mol. The van der Waals surface area contributed by atoms with Crippen LogP contribution in [-0.4, -0.2) is 46.0 Å². The van der Waals surface area contributed by atoms with Gasteiger partial charge in [0.15, 0.2) is 0 Å². The molecule has 30 heavy (non-hydrogen) atoms. The maximum absolute atomic E-state index is 12.8. The Balaban J connectivity index is 1.46. The lowest BCUT2D eigenvalue weighted by Crippen LogP contribution is -2.34. The molecule has 0 saturated carbocycles. The highest BCUT2D eigenvalue weighted by Crippen LogP contribution is 2.31. The monoisotopic (exact) mass is 403 g/mol. The predicted octanol–water partition coefficient (Wildman–Crippen LogP) is 3.52. The number of hydrogen-bond acceptors (Lipinski definition) is 5. The fourth-order valence-electron chi connectivity index (χ4n) is 4.53. The van der Waals surface area contributed by atoms with Gasteiger partial charge in [0.05, 0.1) is 17.7 Å². The summed E-state index contributed by atoms with van der Waals surface area (Å²) in [6.07, 6.45) is 4.05. The molecule has 154 valence electrons. The van der Waals surface area contributed by atoms with Crippen LogP contribution in [0.25, 0.3) is 33.0 Å². The van der Waals surface area contributed by atoms with Crippen molar-refractivity contribution in [2.24, 2.45) is 7.05 Å². The van der Waals surface area contributed by atoms with E-state index < -0.39 is 0 Å². The first-order valence-corrected chi connectivity index (χ1v) is 10.5. The van der Waals surface area contributed by atoms with E-state index in [9.17, 15) is 4.79 Å². The van der Waals surface area contributed by atoms with E-state index in [1.54, 1.807) is 4.68 Å². The van der Waals surface area contributed by atoms with E-state index in [2.05, 4.69) is 22.1 Å². The zero-order chi connectivity index (χ0) is 20.7. The molecule has 6 heteroatoms. The lowest BCUT2D eigenvalue weighted by atomic mass is 9.89. The Bertz CT molecular complexity index is 1270. The van der Waals surface area contributed by atoms with Gasteiger partial charge >= 0.3 is 5.63 Å². The molecule has 0 spiro atoms. The van der Waals surface area contributed by atoms with Gasteiger partial charge in [-0.25, -0.2) is 4.79 Å². The summed E-state index contributed by atoms with van der Waals surface area (Å²) in [5.41, 5.74) is 3.85. The lowest BCUT2D eigenvalue weighted by molar-refractivity contribution is 0.164. The molecule has 0 unspecified atom stereocenters. The summed E-state index contributed by atoms with van der Waals surface area (Å²) in [4.78, 5) is 15.1. The average Bonchev–Trinajstić information content (AvgIpc) is 3.13. The minimum atomic E-state index is -0.319. The quantitative estimate of drug-likeness (QED) is 0.528. The molecule has 0 atom stereocenters. The van der Waals surface area contributed by atoms with E-state index in [0.29, 0.717) is 17.1 Å². The molecular formula is C24H25N3O3. The molecule has 0 amide bonds. The number of rotatable bonds is 4. The Morgan fingerprint density at radius 2 is 1.93 bits per heavy atom. The van der Waals surface area contributed by atoms with E-state index in [0.717, 1.165) is 54.3 Å². The summed E-state index contributed by atoms with van der Waals surface area (Å²) >= 11 is 0. The van der Waals surface area contributed by atoms with Crippen LogP contribution in [0.4, 0.5) is 0 Å². The van der Waals surface area contributed by atoms with Gasteiger partial charge in [0.2, 0.25) is 0 Å². The molecule has 0 radical (unpaired) electrons. The summed E-state index contributed by atoms with van der Waals surface area (Å²) in [5, 5.41) is 15.4. The standard InChI is InChI=1S/C24H25N3O3/c1-26-15-20-12-18(4-5-22(20)25-26)21-13-19-3-2-17(14-23(19)30-24(21)29)16-6-8-27(9-7-16)10-11-28/h2-5,12-16,28H,6-11H2,1H3. The Morgan fingerprint density at radius 1 is 1.10 bits per heavy atom. The number of aromatic nitrogens is 2. The first-order chi connectivity index (χ1) is 14.6. The van der Waals surface area contributed by atoms with Crippen molar-refractivity contribution in [2.45, 2.75) is 18.8 Å². The van der Waals surface area contributed by atoms with Crippen LogP contribution in [0.15, 0.2) is 57.9 Å². The second-order valence-electron chi connectivity index (χ2n) is 8.16. The summed E-state index contributed by atoms with van der Waals surface area (Å²) < 4.78 is 7.51. The number of aliphatic hydroxyl groups excluding tert-OH is 1. The summed E-state index contributed by atoms with van der Waals surface area (Å²) in [5.74, 6) is 0.460. The third kappa shape index (κ3) is 3.53. The Morgan fingerprint density at radius 3 is 2.73 bits per heavy atom. The fraction of sp³-hybridized carbons (Fsp3) is 0.333. The molecule has 1 aliphatic rings. The van der Waals surface area contributed by atoms with Crippen LogP contribution in [-0.2, 0) is 7.05 Å². The molecule has 0 bridgehead atoms. The highest BCUT2D eigenvalue weighted by molar-refractivity contribution is 5.87. The highest BCUT2D eigenvalue weighted by Gasteiger charge is 2.21.